The van der Waals surface area contributed by atoms with Crippen LogP contribution >= 0.6 is 0 Å². The van der Waals surface area contributed by atoms with Crippen LogP contribution in [-0.2, 0) is 16.0 Å². The predicted octanol–water partition coefficient (Wildman–Crippen LogP) is 5.16. The molecule has 1 heterocycles. The fourth-order valence-electron chi connectivity index (χ4n) is 4.96. The van der Waals surface area contributed by atoms with Crippen LogP contribution in [0.2, 0.25) is 0 Å². The summed E-state index contributed by atoms with van der Waals surface area (Å²) in [6.45, 7) is 8.92. The Balaban J connectivity index is 1.97. The third-order valence-corrected chi connectivity index (χ3v) is 6.93. The first-order valence-corrected chi connectivity index (χ1v) is 13.5. The molecule has 0 saturated heterocycles. The number of carboxylic acids is 1. The van der Waals surface area contributed by atoms with E-state index in [1.807, 2.05) is 84.3 Å². The number of nitrogens with zero attached hydrogens (tertiary/aromatic N) is 2. The van der Waals surface area contributed by atoms with Crippen LogP contribution < -0.4 is 10.9 Å². The summed E-state index contributed by atoms with van der Waals surface area (Å²) in [5, 5.41) is 12.7. The predicted molar refractivity (Wildman–Crippen MR) is 156 cm³/mol. The third kappa shape index (κ3) is 8.14. The number of carboxylic acid groups (broad SMARTS) is 1. The van der Waals surface area contributed by atoms with Gasteiger partial charge in [0.25, 0.3) is 5.56 Å². The van der Waals surface area contributed by atoms with Gasteiger partial charge in [-0.25, -0.2) is 0 Å². The van der Waals surface area contributed by atoms with Crippen molar-refractivity contribution in [2.75, 3.05) is 20.6 Å². The highest BCUT2D eigenvalue weighted by atomic mass is 16.4. The fourth-order valence-corrected chi connectivity index (χ4v) is 4.96. The Labute approximate surface area is 231 Å². The van der Waals surface area contributed by atoms with Gasteiger partial charge in [-0.05, 0) is 86.1 Å². The number of pyridine rings is 1. The molecule has 3 aromatic rings. The highest BCUT2D eigenvalue weighted by Gasteiger charge is 2.27. The molecule has 2 atom stereocenters. The molecule has 0 saturated carbocycles. The minimum absolute atomic E-state index is 0.142. The maximum Gasteiger partial charge on any atom is 0.305 e. The molecule has 2 N–H and O–H groups in total. The third-order valence-electron chi connectivity index (χ3n) is 6.93. The van der Waals surface area contributed by atoms with Gasteiger partial charge in [0.05, 0.1) is 12.5 Å². The second-order valence-electron chi connectivity index (χ2n) is 11.0. The normalized spacial score (nSPS) is 12.9. The van der Waals surface area contributed by atoms with Crippen molar-refractivity contribution in [1.29, 1.82) is 0 Å². The molecular weight excluding hydrogens is 490 g/mol. The molecule has 7 heteroatoms. The van der Waals surface area contributed by atoms with Crippen molar-refractivity contribution < 1.29 is 14.7 Å². The van der Waals surface area contributed by atoms with E-state index in [4.69, 9.17) is 0 Å². The number of nitrogens with one attached hydrogen (secondary N) is 1. The molecule has 3 rings (SSSR count). The number of aromatic nitrogens is 1. The maximum absolute atomic E-state index is 13.8. The first-order chi connectivity index (χ1) is 18.5. The van der Waals surface area contributed by atoms with E-state index in [1.54, 1.807) is 12.3 Å². The van der Waals surface area contributed by atoms with Crippen LogP contribution in [0.15, 0.2) is 65.6 Å². The van der Waals surface area contributed by atoms with Crippen LogP contribution in [0, 0.1) is 19.8 Å². The van der Waals surface area contributed by atoms with Gasteiger partial charge in [-0.3, -0.25) is 14.4 Å². The largest absolute Gasteiger partial charge is 0.481 e. The molecule has 208 valence electrons. The monoisotopic (exact) mass is 531 g/mol. The summed E-state index contributed by atoms with van der Waals surface area (Å²) >= 11 is 0. The second kappa shape index (κ2) is 13.4. The van der Waals surface area contributed by atoms with Gasteiger partial charge in [-0.1, -0.05) is 56.3 Å². The zero-order chi connectivity index (χ0) is 28.7. The standard InChI is InChI=1S/C32H41N3O4/c1-21(2)17-28(35-20-24(13-14-29(35)36)15-16-34(5)6)32(39)33-27(19-30(37)38)25-11-8-12-26(18-25)31-22(3)9-7-10-23(31)4/h7-14,18,20-21,27-28H,15-17,19H2,1-6H3,(H,33,39)(H,37,38)/t27-,28-/m0/s1. The van der Waals surface area contributed by atoms with Gasteiger partial charge >= 0.3 is 5.97 Å². The number of aryl methyl sites for hydroxylation is 2. The van der Waals surface area contributed by atoms with Gasteiger partial charge in [0.1, 0.15) is 6.04 Å². The molecule has 0 aliphatic carbocycles. The van der Waals surface area contributed by atoms with Gasteiger partial charge in [-0.2, -0.15) is 0 Å². The van der Waals surface area contributed by atoms with E-state index < -0.39 is 18.1 Å². The zero-order valence-corrected chi connectivity index (χ0v) is 23.9. The number of carbonyl (C=O) groups excluding carboxylic acids is 1. The zero-order valence-electron chi connectivity index (χ0n) is 23.9. The average molecular weight is 532 g/mol. The molecule has 0 unspecified atom stereocenters. The Kier molecular flexibility index (Phi) is 10.2. The van der Waals surface area contributed by atoms with Crippen LogP contribution in [0.1, 0.15) is 61.0 Å². The molecule has 2 aromatic carbocycles. The highest BCUT2D eigenvalue weighted by Crippen LogP contribution is 2.30. The van der Waals surface area contributed by atoms with Crippen LogP contribution in [0.3, 0.4) is 0 Å². The minimum atomic E-state index is -1.01. The Morgan fingerprint density at radius 3 is 2.28 bits per heavy atom. The van der Waals surface area contributed by atoms with Crippen molar-refractivity contribution in [2.45, 2.75) is 59.0 Å². The molecule has 0 spiro atoms. The van der Waals surface area contributed by atoms with Crippen LogP contribution in [0.5, 0.6) is 0 Å². The molecule has 0 bridgehead atoms. The second-order valence-corrected chi connectivity index (χ2v) is 11.0. The summed E-state index contributed by atoms with van der Waals surface area (Å²) in [5.74, 6) is -1.23. The first kappa shape index (κ1) is 29.8. The van der Waals surface area contributed by atoms with Crippen molar-refractivity contribution >= 4 is 11.9 Å². The maximum atomic E-state index is 13.8. The lowest BCUT2D eigenvalue weighted by Crippen LogP contribution is -2.40. The van der Waals surface area contributed by atoms with Crippen LogP contribution in [0.4, 0.5) is 0 Å². The molecular formula is C32H41N3O4. The smallest absolute Gasteiger partial charge is 0.305 e. The summed E-state index contributed by atoms with van der Waals surface area (Å²) in [7, 11) is 3.98. The summed E-state index contributed by atoms with van der Waals surface area (Å²) in [6, 6.07) is 15.6. The number of amides is 1. The SMILES string of the molecule is Cc1cccc(C)c1-c1cccc([C@H](CC(=O)O)NC(=O)[C@H](CC(C)C)n2cc(CCN(C)C)ccc2=O)c1. The van der Waals surface area contributed by atoms with Gasteiger partial charge < -0.3 is 19.9 Å². The van der Waals surface area contributed by atoms with Gasteiger partial charge in [-0.15, -0.1) is 0 Å². The lowest BCUT2D eigenvalue weighted by Gasteiger charge is -2.26. The Morgan fingerprint density at radius 2 is 1.67 bits per heavy atom. The number of likely N-dealkylation sites (N-methyl/N-ethyl adjacent to an activating group) is 1. The summed E-state index contributed by atoms with van der Waals surface area (Å²) in [5.41, 5.74) is 5.73. The summed E-state index contributed by atoms with van der Waals surface area (Å²) in [6.07, 6.45) is 2.70. The van der Waals surface area contributed by atoms with E-state index in [0.717, 1.165) is 40.8 Å². The van der Waals surface area contributed by atoms with E-state index in [0.29, 0.717) is 12.0 Å². The number of aliphatic carboxylic acids is 1. The lowest BCUT2D eigenvalue weighted by molar-refractivity contribution is -0.138. The molecule has 1 aromatic heterocycles. The van der Waals surface area contributed by atoms with Crippen molar-refractivity contribution in [3.05, 3.63) is 93.4 Å². The molecule has 0 aliphatic rings. The lowest BCUT2D eigenvalue weighted by atomic mass is 9.92. The number of benzene rings is 2. The van der Waals surface area contributed by atoms with E-state index in [2.05, 4.69) is 10.2 Å². The molecule has 0 radical (unpaired) electrons. The Bertz CT molecular complexity index is 1340. The number of hydrogen-bond acceptors (Lipinski definition) is 4. The van der Waals surface area contributed by atoms with E-state index in [9.17, 15) is 19.5 Å². The Hall–Kier alpha value is -3.71. The van der Waals surface area contributed by atoms with Gasteiger partial charge in [0.2, 0.25) is 5.91 Å². The Morgan fingerprint density at radius 1 is 1.00 bits per heavy atom. The van der Waals surface area contributed by atoms with Crippen molar-refractivity contribution in [2.24, 2.45) is 5.92 Å². The summed E-state index contributed by atoms with van der Waals surface area (Å²) < 4.78 is 1.51. The minimum Gasteiger partial charge on any atom is -0.481 e. The van der Waals surface area contributed by atoms with E-state index in [-0.39, 0.29) is 23.8 Å². The summed E-state index contributed by atoms with van der Waals surface area (Å²) in [4.78, 5) is 40.6. The highest BCUT2D eigenvalue weighted by molar-refractivity contribution is 5.82. The molecule has 1 amide bonds. The molecule has 0 fully saturated rings. The fraction of sp³-hybridized carbons (Fsp3) is 0.406. The molecule has 7 nitrogen and oxygen atoms in total. The number of hydrogen-bond donors (Lipinski definition) is 2. The van der Waals surface area contributed by atoms with Gasteiger partial charge in [0.15, 0.2) is 0 Å². The first-order valence-electron chi connectivity index (χ1n) is 13.5. The molecule has 39 heavy (non-hydrogen) atoms. The van der Waals surface area contributed by atoms with E-state index in [1.165, 1.54) is 10.6 Å². The topological polar surface area (TPSA) is 91.6 Å². The quantitative estimate of drug-likeness (QED) is 0.337. The van der Waals surface area contributed by atoms with E-state index >= 15 is 0 Å². The molecule has 0 aliphatic heterocycles. The van der Waals surface area contributed by atoms with Crippen LogP contribution in [-0.4, -0.2) is 47.1 Å². The van der Waals surface area contributed by atoms with Crippen molar-refractivity contribution in [3.8, 4) is 11.1 Å². The average Bonchev–Trinajstić information content (AvgIpc) is 2.86. The number of rotatable bonds is 12. The van der Waals surface area contributed by atoms with Gasteiger partial charge in [0, 0.05) is 18.8 Å². The van der Waals surface area contributed by atoms with Crippen molar-refractivity contribution in [3.63, 3.8) is 0 Å². The van der Waals surface area contributed by atoms with Crippen LogP contribution in [0.25, 0.3) is 11.1 Å². The van der Waals surface area contributed by atoms with Crippen molar-refractivity contribution in [1.82, 2.24) is 14.8 Å². The number of carbonyl (C=O) groups is 2.